The van der Waals surface area contributed by atoms with Crippen molar-refractivity contribution in [1.82, 2.24) is 4.90 Å². The normalized spacial score (nSPS) is 17.0. The number of halogens is 1. The van der Waals surface area contributed by atoms with Crippen LogP contribution in [0.3, 0.4) is 0 Å². The predicted octanol–water partition coefficient (Wildman–Crippen LogP) is 2.90. The summed E-state index contributed by atoms with van der Waals surface area (Å²) in [4.78, 5) is 2.46. The molecule has 0 radical (unpaired) electrons. The van der Waals surface area contributed by atoms with Crippen molar-refractivity contribution in [2.75, 3.05) is 32.0 Å². The van der Waals surface area contributed by atoms with E-state index in [0.29, 0.717) is 0 Å². The molecule has 0 amide bonds. The van der Waals surface area contributed by atoms with Crippen LogP contribution in [0, 0.1) is 0 Å². The number of nitrogens with zero attached hydrogens (tertiary/aromatic N) is 1. The second-order valence-corrected chi connectivity index (χ2v) is 5.29. The Hall–Kier alpha value is -0.740. The van der Waals surface area contributed by atoms with Crippen LogP contribution < -0.4 is 10.5 Å². The van der Waals surface area contributed by atoms with E-state index in [1.807, 2.05) is 18.2 Å². The van der Waals surface area contributed by atoms with Crippen molar-refractivity contribution >= 4 is 21.6 Å². The van der Waals surface area contributed by atoms with Crippen LogP contribution in [0.15, 0.2) is 22.7 Å². The van der Waals surface area contributed by atoms with E-state index in [4.69, 9.17) is 10.5 Å². The third-order valence-corrected chi connectivity index (χ3v) is 3.72. The first-order valence-corrected chi connectivity index (χ1v) is 6.95. The fraction of sp³-hybridized carbons (Fsp3) is 0.538. The fourth-order valence-electron chi connectivity index (χ4n) is 2.10. The SMILES string of the molecule is Nc1ccc(Br)c(OCCN2CCCCC2)c1. The zero-order chi connectivity index (χ0) is 12.1. The van der Waals surface area contributed by atoms with E-state index in [2.05, 4.69) is 20.8 Å². The molecular formula is C13H19BrN2O. The Balaban J connectivity index is 1.79. The Labute approximate surface area is 111 Å². The van der Waals surface area contributed by atoms with Gasteiger partial charge < -0.3 is 10.5 Å². The molecule has 1 heterocycles. The molecule has 3 nitrogen and oxygen atoms in total. The van der Waals surface area contributed by atoms with Gasteiger partial charge in [0.25, 0.3) is 0 Å². The van der Waals surface area contributed by atoms with E-state index >= 15 is 0 Å². The topological polar surface area (TPSA) is 38.5 Å². The van der Waals surface area contributed by atoms with Gasteiger partial charge in [0.15, 0.2) is 0 Å². The molecule has 2 rings (SSSR count). The standard InChI is InChI=1S/C13H19BrN2O/c14-12-5-4-11(15)10-13(12)17-9-8-16-6-2-1-3-7-16/h4-5,10H,1-3,6-9,15H2. The van der Waals surface area contributed by atoms with E-state index in [0.717, 1.165) is 29.1 Å². The number of nitrogen functional groups attached to an aromatic ring is 1. The molecule has 4 heteroatoms. The van der Waals surface area contributed by atoms with E-state index in [1.54, 1.807) is 0 Å². The maximum atomic E-state index is 5.75. The van der Waals surface area contributed by atoms with Crippen molar-refractivity contribution in [3.63, 3.8) is 0 Å². The molecule has 0 aromatic heterocycles. The van der Waals surface area contributed by atoms with Crippen LogP contribution in [0.5, 0.6) is 5.75 Å². The fourth-order valence-corrected chi connectivity index (χ4v) is 2.46. The van der Waals surface area contributed by atoms with Gasteiger partial charge in [0.05, 0.1) is 4.47 Å². The molecule has 0 atom stereocenters. The van der Waals surface area contributed by atoms with Gasteiger partial charge >= 0.3 is 0 Å². The molecule has 0 unspecified atom stereocenters. The van der Waals surface area contributed by atoms with Crippen molar-refractivity contribution in [2.45, 2.75) is 19.3 Å². The summed E-state index contributed by atoms with van der Waals surface area (Å²) in [7, 11) is 0. The lowest BCUT2D eigenvalue weighted by Crippen LogP contribution is -2.33. The Morgan fingerprint density at radius 1 is 1.24 bits per heavy atom. The first-order chi connectivity index (χ1) is 8.25. The van der Waals surface area contributed by atoms with Gasteiger partial charge in [-0.1, -0.05) is 6.42 Å². The Morgan fingerprint density at radius 3 is 2.76 bits per heavy atom. The van der Waals surface area contributed by atoms with Crippen LogP contribution in [0.2, 0.25) is 0 Å². The molecule has 1 aromatic carbocycles. The minimum Gasteiger partial charge on any atom is -0.491 e. The smallest absolute Gasteiger partial charge is 0.135 e. The molecule has 0 bridgehead atoms. The largest absolute Gasteiger partial charge is 0.491 e. The van der Waals surface area contributed by atoms with Gasteiger partial charge in [0.1, 0.15) is 12.4 Å². The lowest BCUT2D eigenvalue weighted by Gasteiger charge is -2.26. The minimum absolute atomic E-state index is 0.724. The second-order valence-electron chi connectivity index (χ2n) is 4.44. The molecule has 0 saturated carbocycles. The molecule has 0 spiro atoms. The van der Waals surface area contributed by atoms with Crippen LogP contribution >= 0.6 is 15.9 Å². The number of piperidine rings is 1. The molecule has 94 valence electrons. The quantitative estimate of drug-likeness (QED) is 0.869. The first-order valence-electron chi connectivity index (χ1n) is 6.16. The van der Waals surface area contributed by atoms with Gasteiger partial charge in [-0.3, -0.25) is 4.90 Å². The third-order valence-electron chi connectivity index (χ3n) is 3.07. The molecule has 2 N–H and O–H groups in total. The summed E-state index contributed by atoms with van der Waals surface area (Å²) >= 11 is 3.46. The summed E-state index contributed by atoms with van der Waals surface area (Å²) in [6.45, 7) is 4.15. The highest BCUT2D eigenvalue weighted by Crippen LogP contribution is 2.26. The lowest BCUT2D eigenvalue weighted by molar-refractivity contribution is 0.183. The van der Waals surface area contributed by atoms with Crippen molar-refractivity contribution in [2.24, 2.45) is 0 Å². The minimum atomic E-state index is 0.724. The monoisotopic (exact) mass is 298 g/mol. The number of likely N-dealkylation sites (tertiary alicyclic amines) is 1. The number of benzene rings is 1. The van der Waals surface area contributed by atoms with E-state index < -0.39 is 0 Å². The average molecular weight is 299 g/mol. The third kappa shape index (κ3) is 3.89. The molecular weight excluding hydrogens is 280 g/mol. The zero-order valence-electron chi connectivity index (χ0n) is 9.99. The number of ether oxygens (including phenoxy) is 1. The number of rotatable bonds is 4. The van der Waals surface area contributed by atoms with Gasteiger partial charge in [-0.15, -0.1) is 0 Å². The van der Waals surface area contributed by atoms with Crippen LogP contribution in [0.4, 0.5) is 5.69 Å². The first kappa shape index (κ1) is 12.7. The number of anilines is 1. The number of nitrogens with two attached hydrogens (primary N) is 1. The molecule has 1 aliphatic heterocycles. The van der Waals surface area contributed by atoms with Crippen LogP contribution in [-0.2, 0) is 0 Å². The lowest BCUT2D eigenvalue weighted by atomic mass is 10.1. The van der Waals surface area contributed by atoms with E-state index in [1.165, 1.54) is 32.4 Å². The molecule has 1 saturated heterocycles. The Kier molecular flexibility index (Phi) is 4.68. The van der Waals surface area contributed by atoms with Crippen molar-refractivity contribution in [1.29, 1.82) is 0 Å². The van der Waals surface area contributed by atoms with Crippen LogP contribution in [-0.4, -0.2) is 31.1 Å². The van der Waals surface area contributed by atoms with Crippen LogP contribution in [0.1, 0.15) is 19.3 Å². The van der Waals surface area contributed by atoms with Crippen LogP contribution in [0.25, 0.3) is 0 Å². The highest BCUT2D eigenvalue weighted by Gasteiger charge is 2.10. The predicted molar refractivity (Wildman–Crippen MR) is 74.3 cm³/mol. The highest BCUT2D eigenvalue weighted by molar-refractivity contribution is 9.10. The molecule has 1 aliphatic rings. The molecule has 1 fully saturated rings. The zero-order valence-corrected chi connectivity index (χ0v) is 11.6. The molecule has 17 heavy (non-hydrogen) atoms. The molecule has 0 aliphatic carbocycles. The summed E-state index contributed by atoms with van der Waals surface area (Å²) in [6, 6.07) is 5.65. The van der Waals surface area contributed by atoms with Gasteiger partial charge in [0.2, 0.25) is 0 Å². The van der Waals surface area contributed by atoms with Gasteiger partial charge in [-0.05, 0) is 54.0 Å². The van der Waals surface area contributed by atoms with Crippen molar-refractivity contribution in [3.05, 3.63) is 22.7 Å². The molecule has 1 aromatic rings. The Morgan fingerprint density at radius 2 is 2.00 bits per heavy atom. The summed E-state index contributed by atoms with van der Waals surface area (Å²) in [5, 5.41) is 0. The Bertz CT molecular complexity index is 364. The second kappa shape index (κ2) is 6.26. The van der Waals surface area contributed by atoms with E-state index in [9.17, 15) is 0 Å². The van der Waals surface area contributed by atoms with Crippen molar-refractivity contribution in [3.8, 4) is 5.75 Å². The average Bonchev–Trinajstić information content (AvgIpc) is 2.35. The van der Waals surface area contributed by atoms with Crippen molar-refractivity contribution < 1.29 is 4.74 Å². The summed E-state index contributed by atoms with van der Waals surface area (Å²) in [5.74, 6) is 0.835. The van der Waals surface area contributed by atoms with Gasteiger partial charge in [0, 0.05) is 18.3 Å². The summed E-state index contributed by atoms with van der Waals surface area (Å²) in [5.41, 5.74) is 6.47. The van der Waals surface area contributed by atoms with Gasteiger partial charge in [-0.2, -0.15) is 0 Å². The summed E-state index contributed by atoms with van der Waals surface area (Å²) in [6.07, 6.45) is 4.02. The maximum absolute atomic E-state index is 5.75. The summed E-state index contributed by atoms with van der Waals surface area (Å²) < 4.78 is 6.72. The van der Waals surface area contributed by atoms with Gasteiger partial charge in [-0.25, -0.2) is 0 Å². The highest BCUT2D eigenvalue weighted by atomic mass is 79.9. The number of hydrogen-bond donors (Lipinski definition) is 1. The number of hydrogen-bond acceptors (Lipinski definition) is 3. The maximum Gasteiger partial charge on any atom is 0.135 e. The van der Waals surface area contributed by atoms with E-state index in [-0.39, 0.29) is 0 Å².